The van der Waals surface area contributed by atoms with Gasteiger partial charge in [-0.05, 0) is 36.1 Å². The Labute approximate surface area is 146 Å². The molecule has 0 aliphatic heterocycles. The molecular formula is C18H14N4O2S. The summed E-state index contributed by atoms with van der Waals surface area (Å²) in [6.07, 6.45) is 0. The largest absolute Gasteiger partial charge is 0.291 e. The molecule has 0 radical (unpaired) electrons. The number of aromatic nitrogens is 2. The first-order valence-corrected chi connectivity index (χ1v) is 8.48. The van der Waals surface area contributed by atoms with E-state index in [2.05, 4.69) is 20.8 Å². The zero-order chi connectivity index (χ0) is 17.4. The number of benzene rings is 2. The fourth-order valence-electron chi connectivity index (χ4n) is 2.71. The van der Waals surface area contributed by atoms with Gasteiger partial charge < -0.3 is 0 Å². The van der Waals surface area contributed by atoms with Crippen LogP contribution in [0.5, 0.6) is 0 Å². The van der Waals surface area contributed by atoms with Gasteiger partial charge in [-0.3, -0.25) is 25.4 Å². The number of nitrogens with one attached hydrogen (secondary N) is 3. The zero-order valence-electron chi connectivity index (χ0n) is 13.3. The van der Waals surface area contributed by atoms with Gasteiger partial charge in [-0.25, -0.2) is 4.98 Å². The van der Waals surface area contributed by atoms with Gasteiger partial charge in [0, 0.05) is 4.70 Å². The highest BCUT2D eigenvalue weighted by Crippen LogP contribution is 2.30. The van der Waals surface area contributed by atoms with Crippen LogP contribution in [-0.2, 0) is 0 Å². The lowest BCUT2D eigenvalue weighted by molar-refractivity contribution is 0.0966. The Morgan fingerprint density at radius 2 is 1.80 bits per heavy atom. The summed E-state index contributed by atoms with van der Waals surface area (Å²) < 4.78 is 1.06. The zero-order valence-corrected chi connectivity index (χ0v) is 14.1. The Morgan fingerprint density at radius 1 is 1.08 bits per heavy atom. The van der Waals surface area contributed by atoms with Crippen LogP contribution in [0.15, 0.2) is 53.3 Å². The standard InChI is InChI=1S/C18H14N4O2S/c1-10-11-6-3-5-9-14(11)25-15(10)17(24)21-22-18-19-13-8-4-2-7-12(13)16(23)20-18/h2-9H,1H3,(H,21,24)(H2,19,20,22,23). The Bertz CT molecular complexity index is 1160. The fourth-order valence-corrected chi connectivity index (χ4v) is 3.81. The van der Waals surface area contributed by atoms with Crippen LogP contribution >= 0.6 is 11.3 Å². The van der Waals surface area contributed by atoms with Gasteiger partial charge in [0.2, 0.25) is 5.95 Å². The molecule has 7 heteroatoms. The van der Waals surface area contributed by atoms with Crippen molar-refractivity contribution in [2.24, 2.45) is 0 Å². The van der Waals surface area contributed by atoms with Crippen LogP contribution in [0, 0.1) is 6.92 Å². The summed E-state index contributed by atoms with van der Waals surface area (Å²) in [5, 5.41) is 1.56. The SMILES string of the molecule is Cc1c(C(=O)NNc2nc3ccccc3c(=O)[nH]2)sc2ccccc12. The first kappa shape index (κ1) is 15.3. The van der Waals surface area contributed by atoms with Crippen LogP contribution in [-0.4, -0.2) is 15.9 Å². The lowest BCUT2D eigenvalue weighted by Gasteiger charge is -2.07. The molecule has 2 aromatic carbocycles. The molecule has 0 bridgehead atoms. The number of rotatable bonds is 3. The van der Waals surface area contributed by atoms with Crippen molar-refractivity contribution in [1.82, 2.24) is 15.4 Å². The third kappa shape index (κ3) is 2.74. The molecule has 4 aromatic rings. The van der Waals surface area contributed by atoms with Crippen LogP contribution in [0.1, 0.15) is 15.2 Å². The number of H-pyrrole nitrogens is 1. The van der Waals surface area contributed by atoms with Crippen molar-refractivity contribution in [3.05, 3.63) is 69.3 Å². The van der Waals surface area contributed by atoms with E-state index >= 15 is 0 Å². The Hall–Kier alpha value is -3.19. The van der Waals surface area contributed by atoms with Crippen molar-refractivity contribution in [2.75, 3.05) is 5.43 Å². The van der Waals surface area contributed by atoms with Crippen molar-refractivity contribution >= 4 is 44.2 Å². The number of amides is 1. The average molecular weight is 350 g/mol. The number of hydrogen-bond acceptors (Lipinski definition) is 5. The van der Waals surface area contributed by atoms with E-state index in [0.29, 0.717) is 15.8 Å². The smallest absolute Gasteiger partial charge is 0.280 e. The maximum Gasteiger partial charge on any atom is 0.280 e. The number of thiophene rings is 1. The summed E-state index contributed by atoms with van der Waals surface area (Å²) in [6.45, 7) is 1.92. The topological polar surface area (TPSA) is 86.9 Å². The molecule has 0 fully saturated rings. The number of hydrogen-bond donors (Lipinski definition) is 3. The van der Waals surface area contributed by atoms with Gasteiger partial charge in [0.15, 0.2) is 0 Å². The van der Waals surface area contributed by atoms with E-state index in [4.69, 9.17) is 0 Å². The third-order valence-corrected chi connectivity index (χ3v) is 5.23. The number of anilines is 1. The second-order valence-corrected chi connectivity index (χ2v) is 6.62. The molecule has 0 atom stereocenters. The lowest BCUT2D eigenvalue weighted by atomic mass is 10.1. The molecule has 25 heavy (non-hydrogen) atoms. The number of aromatic amines is 1. The molecule has 0 unspecified atom stereocenters. The van der Waals surface area contributed by atoms with Crippen LogP contribution in [0.3, 0.4) is 0 Å². The quantitative estimate of drug-likeness (QED) is 0.495. The number of hydrazine groups is 1. The molecule has 0 aliphatic rings. The molecule has 0 spiro atoms. The maximum absolute atomic E-state index is 12.5. The molecule has 2 heterocycles. The molecule has 2 aromatic heterocycles. The summed E-state index contributed by atoms with van der Waals surface area (Å²) in [7, 11) is 0. The van der Waals surface area contributed by atoms with Gasteiger partial charge in [0.05, 0.1) is 15.8 Å². The number of carbonyl (C=O) groups excluding carboxylic acids is 1. The van der Waals surface area contributed by atoms with Crippen LogP contribution in [0.2, 0.25) is 0 Å². The maximum atomic E-state index is 12.5. The Morgan fingerprint density at radius 3 is 2.60 bits per heavy atom. The summed E-state index contributed by atoms with van der Waals surface area (Å²) in [5.74, 6) is -0.0784. The summed E-state index contributed by atoms with van der Waals surface area (Å²) in [5.41, 5.74) is 6.51. The van der Waals surface area contributed by atoms with Gasteiger partial charge in [-0.15, -0.1) is 11.3 Å². The number of aryl methyl sites for hydroxylation is 1. The molecule has 3 N–H and O–H groups in total. The van der Waals surface area contributed by atoms with Crippen LogP contribution in [0.25, 0.3) is 21.0 Å². The second kappa shape index (κ2) is 6.03. The van der Waals surface area contributed by atoms with Crippen LogP contribution in [0.4, 0.5) is 5.95 Å². The predicted octanol–water partition coefficient (Wildman–Crippen LogP) is 3.20. The average Bonchev–Trinajstić information content (AvgIpc) is 2.97. The monoisotopic (exact) mass is 350 g/mol. The molecule has 0 saturated heterocycles. The molecule has 0 saturated carbocycles. The van der Waals surface area contributed by atoms with Crippen molar-refractivity contribution < 1.29 is 4.79 Å². The van der Waals surface area contributed by atoms with Gasteiger partial charge in [0.1, 0.15) is 0 Å². The highest BCUT2D eigenvalue weighted by atomic mass is 32.1. The van der Waals surface area contributed by atoms with E-state index in [9.17, 15) is 9.59 Å². The summed E-state index contributed by atoms with van der Waals surface area (Å²) in [6, 6.07) is 14.9. The molecular weight excluding hydrogens is 336 g/mol. The first-order valence-electron chi connectivity index (χ1n) is 7.67. The molecule has 6 nitrogen and oxygen atoms in total. The number of fused-ring (bicyclic) bond motifs is 2. The van der Waals surface area contributed by atoms with Crippen molar-refractivity contribution in [1.29, 1.82) is 0 Å². The van der Waals surface area contributed by atoms with Crippen molar-refractivity contribution in [3.8, 4) is 0 Å². The predicted molar refractivity (Wildman–Crippen MR) is 100 cm³/mol. The van der Waals surface area contributed by atoms with E-state index in [-0.39, 0.29) is 17.4 Å². The van der Waals surface area contributed by atoms with Crippen molar-refractivity contribution in [2.45, 2.75) is 6.92 Å². The van der Waals surface area contributed by atoms with Gasteiger partial charge in [0.25, 0.3) is 11.5 Å². The normalized spacial score (nSPS) is 10.9. The minimum absolute atomic E-state index is 0.191. The van der Waals surface area contributed by atoms with E-state index in [0.717, 1.165) is 15.6 Å². The lowest BCUT2D eigenvalue weighted by Crippen LogP contribution is -2.31. The van der Waals surface area contributed by atoms with E-state index < -0.39 is 0 Å². The first-order chi connectivity index (χ1) is 12.1. The molecule has 124 valence electrons. The van der Waals surface area contributed by atoms with Gasteiger partial charge in [-0.2, -0.15) is 0 Å². The number of nitrogens with zero attached hydrogens (tertiary/aromatic N) is 1. The highest BCUT2D eigenvalue weighted by molar-refractivity contribution is 7.21. The number of carbonyl (C=O) groups is 1. The van der Waals surface area contributed by atoms with Crippen LogP contribution < -0.4 is 16.4 Å². The minimum atomic E-state index is -0.269. The van der Waals surface area contributed by atoms with Gasteiger partial charge >= 0.3 is 0 Å². The van der Waals surface area contributed by atoms with E-state index in [1.807, 2.05) is 31.2 Å². The summed E-state index contributed by atoms with van der Waals surface area (Å²) >= 11 is 1.43. The summed E-state index contributed by atoms with van der Waals surface area (Å²) in [4.78, 5) is 32.0. The van der Waals surface area contributed by atoms with Gasteiger partial charge in [-0.1, -0.05) is 30.3 Å². The van der Waals surface area contributed by atoms with E-state index in [1.165, 1.54) is 11.3 Å². The Balaban J connectivity index is 1.59. The third-order valence-electron chi connectivity index (χ3n) is 3.96. The van der Waals surface area contributed by atoms with E-state index in [1.54, 1.807) is 24.3 Å². The fraction of sp³-hybridized carbons (Fsp3) is 0.0556. The second-order valence-electron chi connectivity index (χ2n) is 5.56. The highest BCUT2D eigenvalue weighted by Gasteiger charge is 2.15. The molecule has 0 aliphatic carbocycles. The number of para-hydroxylation sites is 1. The van der Waals surface area contributed by atoms with Crippen molar-refractivity contribution in [3.63, 3.8) is 0 Å². The minimum Gasteiger partial charge on any atom is -0.291 e. The molecule has 4 rings (SSSR count). The molecule has 1 amide bonds. The Kier molecular flexibility index (Phi) is 3.70.